The Balaban J connectivity index is 1.27. The maximum atomic E-state index is 13.1. The number of rotatable bonds is 3. The van der Waals surface area contributed by atoms with Crippen molar-refractivity contribution in [1.29, 1.82) is 0 Å². The molecule has 0 unspecified atom stereocenters. The summed E-state index contributed by atoms with van der Waals surface area (Å²) in [5, 5.41) is 7.62. The van der Waals surface area contributed by atoms with Crippen LogP contribution in [0.4, 0.5) is 5.00 Å². The zero-order valence-electron chi connectivity index (χ0n) is 22.5. The van der Waals surface area contributed by atoms with Gasteiger partial charge in [0.15, 0.2) is 0 Å². The fourth-order valence-electron chi connectivity index (χ4n) is 5.20. The SMILES string of the molecule is CC(C)(C)c1ccc(C(=O)Oc2ccc([C@@H]3NC(=O)c4c(sc5c4CC[C@@H](C(C)(C)C)C5)N3)cc2)cc1. The van der Waals surface area contributed by atoms with Crippen molar-refractivity contribution in [1.82, 2.24) is 5.32 Å². The molecule has 2 aliphatic rings. The Hall–Kier alpha value is -3.12. The van der Waals surface area contributed by atoms with E-state index in [2.05, 4.69) is 52.2 Å². The molecule has 0 spiro atoms. The van der Waals surface area contributed by atoms with Gasteiger partial charge in [0.1, 0.15) is 16.9 Å². The molecule has 0 bridgehead atoms. The van der Waals surface area contributed by atoms with Gasteiger partial charge in [0.25, 0.3) is 5.91 Å². The van der Waals surface area contributed by atoms with Crippen LogP contribution in [0.2, 0.25) is 0 Å². The Bertz CT molecular complexity index is 1330. The van der Waals surface area contributed by atoms with Crippen LogP contribution in [-0.2, 0) is 18.3 Å². The van der Waals surface area contributed by atoms with Gasteiger partial charge < -0.3 is 15.4 Å². The quantitative estimate of drug-likeness (QED) is 0.284. The Morgan fingerprint density at radius 2 is 1.62 bits per heavy atom. The molecule has 0 saturated carbocycles. The summed E-state index contributed by atoms with van der Waals surface area (Å²) in [6.07, 6.45) is 2.79. The van der Waals surface area contributed by atoms with Crippen molar-refractivity contribution in [2.45, 2.75) is 72.4 Å². The topological polar surface area (TPSA) is 67.4 Å². The minimum absolute atomic E-state index is 0.0142. The first-order valence-corrected chi connectivity index (χ1v) is 13.9. The average Bonchev–Trinajstić information content (AvgIpc) is 3.22. The summed E-state index contributed by atoms with van der Waals surface area (Å²) in [5.41, 5.74) is 4.93. The van der Waals surface area contributed by atoms with Crippen LogP contribution in [0.5, 0.6) is 5.75 Å². The first-order valence-electron chi connectivity index (χ1n) is 13.0. The molecule has 3 aromatic rings. The molecular weight excluding hydrogens is 480 g/mol. The number of hydrogen-bond acceptors (Lipinski definition) is 5. The van der Waals surface area contributed by atoms with Gasteiger partial charge in [-0.3, -0.25) is 4.79 Å². The number of thiophene rings is 1. The Morgan fingerprint density at radius 3 is 2.24 bits per heavy atom. The summed E-state index contributed by atoms with van der Waals surface area (Å²) in [5.74, 6) is 0.696. The van der Waals surface area contributed by atoms with Crippen LogP contribution in [0.15, 0.2) is 48.5 Å². The molecule has 2 N–H and O–H groups in total. The van der Waals surface area contributed by atoms with Crippen LogP contribution in [-0.4, -0.2) is 11.9 Å². The van der Waals surface area contributed by atoms with Crippen LogP contribution >= 0.6 is 11.3 Å². The second kappa shape index (κ2) is 9.32. The van der Waals surface area contributed by atoms with Crippen LogP contribution in [0.1, 0.15) is 96.4 Å². The summed E-state index contributed by atoms with van der Waals surface area (Å²) in [6, 6.07) is 14.9. The van der Waals surface area contributed by atoms with E-state index in [9.17, 15) is 9.59 Å². The number of esters is 1. The Kier molecular flexibility index (Phi) is 6.43. The van der Waals surface area contributed by atoms with Crippen molar-refractivity contribution >= 4 is 28.2 Å². The van der Waals surface area contributed by atoms with Crippen LogP contribution in [0.3, 0.4) is 0 Å². The van der Waals surface area contributed by atoms with Crippen molar-refractivity contribution < 1.29 is 14.3 Å². The van der Waals surface area contributed by atoms with Crippen LogP contribution in [0.25, 0.3) is 0 Å². The Morgan fingerprint density at radius 1 is 0.946 bits per heavy atom. The van der Waals surface area contributed by atoms with Gasteiger partial charge >= 0.3 is 5.97 Å². The highest BCUT2D eigenvalue weighted by atomic mass is 32.1. The number of fused-ring (bicyclic) bond motifs is 3. The number of carbonyl (C=O) groups is 2. The van der Waals surface area contributed by atoms with E-state index in [1.165, 1.54) is 16.0 Å². The van der Waals surface area contributed by atoms with E-state index in [0.29, 0.717) is 17.2 Å². The minimum atomic E-state index is -0.389. The summed E-state index contributed by atoms with van der Waals surface area (Å²) in [4.78, 5) is 27.1. The minimum Gasteiger partial charge on any atom is -0.423 e. The number of benzene rings is 2. The first-order chi connectivity index (χ1) is 17.4. The van der Waals surface area contributed by atoms with E-state index in [-0.39, 0.29) is 28.9 Å². The lowest BCUT2D eigenvalue weighted by molar-refractivity contribution is 0.0734. The van der Waals surface area contributed by atoms with Gasteiger partial charge in [-0.05, 0) is 77.0 Å². The monoisotopic (exact) mass is 516 g/mol. The molecule has 1 amide bonds. The molecule has 2 heterocycles. The lowest BCUT2D eigenvalue weighted by Crippen LogP contribution is -2.38. The lowest BCUT2D eigenvalue weighted by Gasteiger charge is -2.34. The average molecular weight is 517 g/mol. The molecule has 0 fully saturated rings. The van der Waals surface area contributed by atoms with Crippen molar-refractivity contribution in [3.63, 3.8) is 0 Å². The van der Waals surface area contributed by atoms with E-state index in [1.807, 2.05) is 24.3 Å². The largest absolute Gasteiger partial charge is 0.423 e. The molecule has 0 saturated heterocycles. The zero-order valence-corrected chi connectivity index (χ0v) is 23.3. The first kappa shape index (κ1) is 25.5. The van der Waals surface area contributed by atoms with Gasteiger partial charge in [0, 0.05) is 4.88 Å². The summed E-state index contributed by atoms with van der Waals surface area (Å²) in [6.45, 7) is 13.3. The predicted octanol–water partition coefficient (Wildman–Crippen LogP) is 7.27. The van der Waals surface area contributed by atoms with E-state index in [4.69, 9.17) is 4.74 Å². The number of amides is 1. The number of anilines is 1. The number of ether oxygens (including phenoxy) is 1. The van der Waals surface area contributed by atoms with E-state index < -0.39 is 0 Å². The van der Waals surface area contributed by atoms with Gasteiger partial charge in [0.05, 0.1) is 11.1 Å². The molecular formula is C31H36N2O3S. The predicted molar refractivity (Wildman–Crippen MR) is 150 cm³/mol. The molecule has 5 rings (SSSR count). The normalized spacial score (nSPS) is 19.4. The smallest absolute Gasteiger partial charge is 0.343 e. The number of carbonyl (C=O) groups excluding carboxylic acids is 2. The highest BCUT2D eigenvalue weighted by molar-refractivity contribution is 7.16. The van der Waals surface area contributed by atoms with Crippen LogP contribution in [0, 0.1) is 11.3 Å². The lowest BCUT2D eigenvalue weighted by atomic mass is 9.72. The molecule has 2 atom stereocenters. The van der Waals surface area contributed by atoms with Gasteiger partial charge in [-0.1, -0.05) is 65.8 Å². The van der Waals surface area contributed by atoms with E-state index in [1.54, 1.807) is 35.6 Å². The van der Waals surface area contributed by atoms with Crippen molar-refractivity contribution in [3.8, 4) is 5.75 Å². The maximum absolute atomic E-state index is 13.1. The fraction of sp³-hybridized carbons (Fsp3) is 0.419. The molecule has 1 aliphatic carbocycles. The maximum Gasteiger partial charge on any atom is 0.343 e. The standard InChI is InChI=1S/C31H36N2O3S/c1-30(2,3)20-11-7-19(8-12-20)29(35)36-22-14-9-18(10-15-22)26-32-27(34)25-23-16-13-21(31(4,5)6)17-24(23)37-28(25)33-26/h7-12,14-15,21,26,33H,13,16-17H2,1-6H3,(H,32,34)/t21-,26-/m1/s1. The fourth-order valence-corrected chi connectivity index (χ4v) is 6.56. The number of hydrogen-bond donors (Lipinski definition) is 2. The second-order valence-electron chi connectivity index (χ2n) is 12.4. The number of nitrogens with one attached hydrogen (secondary N) is 2. The van der Waals surface area contributed by atoms with E-state index >= 15 is 0 Å². The van der Waals surface area contributed by atoms with Crippen molar-refractivity contribution in [2.24, 2.45) is 11.3 Å². The van der Waals surface area contributed by atoms with Gasteiger partial charge in [-0.25, -0.2) is 4.79 Å². The van der Waals surface area contributed by atoms with Gasteiger partial charge in [0.2, 0.25) is 0 Å². The Labute approximate surface area is 223 Å². The zero-order chi connectivity index (χ0) is 26.5. The third-order valence-corrected chi connectivity index (χ3v) is 8.86. The van der Waals surface area contributed by atoms with Crippen molar-refractivity contribution in [3.05, 3.63) is 81.2 Å². The molecule has 0 radical (unpaired) electrons. The molecule has 2 aromatic carbocycles. The third-order valence-electron chi connectivity index (χ3n) is 7.68. The highest BCUT2D eigenvalue weighted by Gasteiger charge is 2.36. The van der Waals surface area contributed by atoms with Crippen LogP contribution < -0.4 is 15.4 Å². The summed E-state index contributed by atoms with van der Waals surface area (Å²) in [7, 11) is 0. The van der Waals surface area contributed by atoms with E-state index in [0.717, 1.165) is 35.4 Å². The molecule has 1 aromatic heterocycles. The molecule has 5 nitrogen and oxygen atoms in total. The summed E-state index contributed by atoms with van der Waals surface area (Å²) >= 11 is 1.73. The molecule has 37 heavy (non-hydrogen) atoms. The van der Waals surface area contributed by atoms with Gasteiger partial charge in [-0.15, -0.1) is 11.3 Å². The molecule has 6 heteroatoms. The molecule has 194 valence electrons. The highest BCUT2D eigenvalue weighted by Crippen LogP contribution is 2.46. The third kappa shape index (κ3) is 5.17. The van der Waals surface area contributed by atoms with Gasteiger partial charge in [-0.2, -0.15) is 0 Å². The van der Waals surface area contributed by atoms with Crippen molar-refractivity contribution in [2.75, 3.05) is 5.32 Å². The second-order valence-corrected chi connectivity index (χ2v) is 13.5. The molecule has 1 aliphatic heterocycles. The summed E-state index contributed by atoms with van der Waals surface area (Å²) < 4.78 is 5.59.